The molecule has 0 atom stereocenters. The van der Waals surface area contributed by atoms with E-state index in [0.29, 0.717) is 84.7 Å². The molecule has 13 nitrogen and oxygen atoms in total. The van der Waals surface area contributed by atoms with Gasteiger partial charge < -0.3 is 38.1 Å². The van der Waals surface area contributed by atoms with Crippen LogP contribution in [0.25, 0.3) is 0 Å². The summed E-state index contributed by atoms with van der Waals surface area (Å²) in [6.45, 7) is 6.06. The molecule has 0 aliphatic carbocycles. The molecule has 0 saturated heterocycles. The van der Waals surface area contributed by atoms with E-state index in [1.54, 1.807) is 20.3 Å². The summed E-state index contributed by atoms with van der Waals surface area (Å²) >= 11 is 0. The van der Waals surface area contributed by atoms with Crippen molar-refractivity contribution < 1.29 is 50.6 Å². The number of hydrogen-bond acceptors (Lipinski definition) is 13. The van der Waals surface area contributed by atoms with Gasteiger partial charge in [0.1, 0.15) is 12.3 Å². The Bertz CT molecular complexity index is 1270. The molecule has 14 heteroatoms. The summed E-state index contributed by atoms with van der Waals surface area (Å²) in [5.41, 5.74) is 2.38. The minimum atomic E-state index is -3.70. The van der Waals surface area contributed by atoms with Crippen LogP contribution in [0.3, 0.4) is 0 Å². The molecule has 1 aromatic heterocycles. The third-order valence-corrected chi connectivity index (χ3v) is 6.44. The SMILES string of the molecule is COCCOCCOCCN(CCOCCOCCOC)c1ccc(C#Cc2cc(COS(C)(=O)=O)nc(C(=O)OC)c2)cc1. The van der Waals surface area contributed by atoms with Crippen molar-refractivity contribution in [3.05, 3.63) is 58.9 Å². The van der Waals surface area contributed by atoms with Crippen molar-refractivity contribution in [2.75, 3.05) is 112 Å². The Morgan fingerprint density at radius 1 is 0.733 bits per heavy atom. The number of anilines is 1. The number of carbonyl (C=O) groups is 1. The minimum absolute atomic E-state index is 0.00472. The number of ether oxygens (including phenoxy) is 7. The fourth-order valence-electron chi connectivity index (χ4n) is 3.66. The highest BCUT2D eigenvalue weighted by Crippen LogP contribution is 2.16. The molecule has 45 heavy (non-hydrogen) atoms. The van der Waals surface area contributed by atoms with Gasteiger partial charge in [-0.25, -0.2) is 9.78 Å². The molecule has 0 N–H and O–H groups in total. The zero-order valence-electron chi connectivity index (χ0n) is 26.4. The average Bonchev–Trinajstić information content (AvgIpc) is 3.03. The Morgan fingerprint density at radius 3 is 1.76 bits per heavy atom. The molecule has 0 bridgehead atoms. The molecular formula is C31H44N2O11S. The lowest BCUT2D eigenvalue weighted by atomic mass is 10.1. The van der Waals surface area contributed by atoms with Crippen LogP contribution >= 0.6 is 0 Å². The smallest absolute Gasteiger partial charge is 0.356 e. The Kier molecular flexibility index (Phi) is 18.9. The Morgan fingerprint density at radius 2 is 1.24 bits per heavy atom. The highest BCUT2D eigenvalue weighted by molar-refractivity contribution is 7.85. The molecule has 1 aromatic carbocycles. The van der Waals surface area contributed by atoms with Crippen molar-refractivity contribution in [3.8, 4) is 11.8 Å². The third kappa shape index (κ3) is 17.2. The topological polar surface area (TPSA) is 141 Å². The molecule has 0 radical (unpaired) electrons. The maximum absolute atomic E-state index is 12.1. The number of aromatic nitrogens is 1. The van der Waals surface area contributed by atoms with E-state index in [9.17, 15) is 13.2 Å². The summed E-state index contributed by atoms with van der Waals surface area (Å²) in [6, 6.07) is 10.7. The van der Waals surface area contributed by atoms with Gasteiger partial charge in [0.15, 0.2) is 0 Å². The van der Waals surface area contributed by atoms with Gasteiger partial charge in [-0.3, -0.25) is 4.18 Å². The number of hydrogen-bond donors (Lipinski definition) is 0. The minimum Gasteiger partial charge on any atom is -0.464 e. The van der Waals surface area contributed by atoms with Crippen LogP contribution in [0.2, 0.25) is 0 Å². The molecule has 250 valence electrons. The second-order valence-electron chi connectivity index (χ2n) is 9.41. The average molecular weight is 653 g/mol. The van der Waals surface area contributed by atoms with Gasteiger partial charge in [0.05, 0.1) is 85.1 Å². The van der Waals surface area contributed by atoms with Crippen molar-refractivity contribution >= 4 is 21.8 Å². The van der Waals surface area contributed by atoms with Crippen LogP contribution in [0, 0.1) is 11.8 Å². The first-order valence-corrected chi connectivity index (χ1v) is 16.2. The second-order valence-corrected chi connectivity index (χ2v) is 11.1. The highest BCUT2D eigenvalue weighted by atomic mass is 32.2. The van der Waals surface area contributed by atoms with Crippen LogP contribution in [0.5, 0.6) is 0 Å². The van der Waals surface area contributed by atoms with Crippen LogP contribution in [0.15, 0.2) is 36.4 Å². The van der Waals surface area contributed by atoms with Gasteiger partial charge in [-0.05, 0) is 36.4 Å². The first-order chi connectivity index (χ1) is 21.8. The molecule has 0 aliphatic heterocycles. The predicted molar refractivity (Wildman–Crippen MR) is 167 cm³/mol. The fourth-order valence-corrected chi connectivity index (χ4v) is 3.99. The van der Waals surface area contributed by atoms with E-state index < -0.39 is 16.1 Å². The van der Waals surface area contributed by atoms with Gasteiger partial charge in [-0.15, -0.1) is 0 Å². The summed E-state index contributed by atoms with van der Waals surface area (Å²) < 4.78 is 64.7. The van der Waals surface area contributed by atoms with E-state index in [1.807, 2.05) is 24.3 Å². The van der Waals surface area contributed by atoms with E-state index in [2.05, 4.69) is 21.7 Å². The molecule has 2 rings (SSSR count). The van der Waals surface area contributed by atoms with Gasteiger partial charge >= 0.3 is 5.97 Å². The lowest BCUT2D eigenvalue weighted by Gasteiger charge is -2.25. The van der Waals surface area contributed by atoms with E-state index >= 15 is 0 Å². The number of benzene rings is 1. The fraction of sp³-hybridized carbons (Fsp3) is 0.548. The first kappa shape index (κ1) is 38.1. The van der Waals surface area contributed by atoms with Gasteiger partial charge in [0.25, 0.3) is 10.1 Å². The number of nitrogens with zero attached hydrogens (tertiary/aromatic N) is 2. The van der Waals surface area contributed by atoms with Gasteiger partial charge in [0, 0.05) is 44.1 Å². The van der Waals surface area contributed by atoms with Gasteiger partial charge in [-0.1, -0.05) is 11.8 Å². The van der Waals surface area contributed by atoms with Crippen LogP contribution in [-0.4, -0.2) is 126 Å². The van der Waals surface area contributed by atoms with Crippen molar-refractivity contribution in [1.29, 1.82) is 0 Å². The highest BCUT2D eigenvalue weighted by Gasteiger charge is 2.12. The maximum atomic E-state index is 12.1. The lowest BCUT2D eigenvalue weighted by molar-refractivity contribution is 0.0235. The van der Waals surface area contributed by atoms with Crippen LogP contribution in [0.4, 0.5) is 5.69 Å². The molecule has 2 aromatic rings. The van der Waals surface area contributed by atoms with E-state index in [1.165, 1.54) is 13.2 Å². The molecular weight excluding hydrogens is 608 g/mol. The maximum Gasteiger partial charge on any atom is 0.356 e. The zero-order chi connectivity index (χ0) is 32.8. The van der Waals surface area contributed by atoms with E-state index in [0.717, 1.165) is 17.5 Å². The summed E-state index contributed by atoms with van der Waals surface area (Å²) in [5, 5.41) is 0. The molecule has 0 unspecified atom stereocenters. The van der Waals surface area contributed by atoms with Crippen LogP contribution in [0.1, 0.15) is 27.3 Å². The van der Waals surface area contributed by atoms with Gasteiger partial charge in [-0.2, -0.15) is 8.42 Å². The molecule has 0 spiro atoms. The van der Waals surface area contributed by atoms with Crippen molar-refractivity contribution in [1.82, 2.24) is 4.98 Å². The number of carbonyl (C=O) groups excluding carboxylic acids is 1. The number of pyridine rings is 1. The summed E-state index contributed by atoms with van der Waals surface area (Å²) in [7, 11) is 0.795. The standard InChI is InChI=1S/C31H44N2O11S/c1-37-15-17-42-21-19-40-13-11-33(12-14-41-20-22-43-18-16-38-2)29-9-7-26(8-10-29)5-6-27-23-28(25-44-45(4,35)36)32-30(24-27)31(34)39-3/h7-10,23-24H,11-22,25H2,1-4H3. The molecule has 1 heterocycles. The number of rotatable bonds is 23. The van der Waals surface area contributed by atoms with E-state index in [4.69, 9.17) is 37.3 Å². The summed E-state index contributed by atoms with van der Waals surface area (Å²) in [4.78, 5) is 18.4. The monoisotopic (exact) mass is 652 g/mol. The van der Waals surface area contributed by atoms with Gasteiger partial charge in [0.2, 0.25) is 0 Å². The Hall–Kier alpha value is -3.13. The zero-order valence-corrected chi connectivity index (χ0v) is 27.3. The van der Waals surface area contributed by atoms with Crippen LogP contribution < -0.4 is 4.90 Å². The lowest BCUT2D eigenvalue weighted by Crippen LogP contribution is -2.31. The second kappa shape index (κ2) is 22.4. The normalized spacial score (nSPS) is 11.2. The van der Waals surface area contributed by atoms with Crippen molar-refractivity contribution in [2.45, 2.75) is 6.61 Å². The quantitative estimate of drug-likeness (QED) is 0.0748. The van der Waals surface area contributed by atoms with Crippen molar-refractivity contribution in [2.24, 2.45) is 0 Å². The molecule has 0 fully saturated rings. The number of esters is 1. The third-order valence-electron chi connectivity index (χ3n) is 5.90. The largest absolute Gasteiger partial charge is 0.464 e. The first-order valence-electron chi connectivity index (χ1n) is 14.3. The number of methoxy groups -OCH3 is 3. The van der Waals surface area contributed by atoms with E-state index in [-0.39, 0.29) is 18.0 Å². The Balaban J connectivity index is 2.06. The molecule has 0 saturated carbocycles. The predicted octanol–water partition coefficient (Wildman–Crippen LogP) is 1.91. The molecule has 0 aliphatic rings. The molecule has 0 amide bonds. The Labute approximate surface area is 266 Å². The summed E-state index contributed by atoms with van der Waals surface area (Å²) in [5.74, 6) is 5.40. The van der Waals surface area contributed by atoms with Crippen LogP contribution in [-0.2, 0) is 54.1 Å². The van der Waals surface area contributed by atoms with Crippen molar-refractivity contribution in [3.63, 3.8) is 0 Å². The summed E-state index contributed by atoms with van der Waals surface area (Å²) in [6.07, 6.45) is 0.935.